The van der Waals surface area contributed by atoms with E-state index < -0.39 is 0 Å². The Balaban J connectivity index is 2.19. The zero-order chi connectivity index (χ0) is 13.0. The van der Waals surface area contributed by atoms with Gasteiger partial charge in [0.2, 0.25) is 0 Å². The summed E-state index contributed by atoms with van der Waals surface area (Å²) in [7, 11) is 0. The summed E-state index contributed by atoms with van der Waals surface area (Å²) in [6, 6.07) is 5.25. The number of hydrogen-bond acceptors (Lipinski definition) is 3. The second-order valence-electron chi connectivity index (χ2n) is 5.28. The minimum atomic E-state index is 0.376. The predicted molar refractivity (Wildman–Crippen MR) is 77.0 cm³/mol. The van der Waals surface area contributed by atoms with Crippen molar-refractivity contribution in [3.05, 3.63) is 23.9 Å². The average Bonchev–Trinajstić information content (AvgIpc) is 2.82. The van der Waals surface area contributed by atoms with Crippen molar-refractivity contribution in [2.24, 2.45) is 0 Å². The number of hydrogen-bond donors (Lipinski definition) is 1. The van der Waals surface area contributed by atoms with Crippen LogP contribution in [0.25, 0.3) is 0 Å². The third kappa shape index (κ3) is 2.83. The highest BCUT2D eigenvalue weighted by Gasteiger charge is 2.24. The van der Waals surface area contributed by atoms with Crippen LogP contribution in [0.1, 0.15) is 51.6 Å². The number of pyridine rings is 1. The normalized spacial score (nSPS) is 21.3. The molecule has 3 heteroatoms. The van der Waals surface area contributed by atoms with Crippen LogP contribution in [-0.2, 0) is 0 Å². The highest BCUT2D eigenvalue weighted by molar-refractivity contribution is 5.49. The van der Waals surface area contributed by atoms with Crippen LogP contribution in [0.3, 0.4) is 0 Å². The maximum Gasteiger partial charge on any atom is 0.133 e. The van der Waals surface area contributed by atoms with Crippen molar-refractivity contribution >= 4 is 5.82 Å². The zero-order valence-electron chi connectivity index (χ0n) is 11.8. The lowest BCUT2D eigenvalue weighted by Gasteiger charge is -2.27. The molecule has 1 aromatic rings. The molecule has 1 aliphatic rings. The highest BCUT2D eigenvalue weighted by Crippen LogP contribution is 2.29. The summed E-state index contributed by atoms with van der Waals surface area (Å²) in [4.78, 5) is 7.08. The molecule has 0 aromatic carbocycles. The summed E-state index contributed by atoms with van der Waals surface area (Å²) >= 11 is 0. The average molecular weight is 247 g/mol. The first-order valence-corrected chi connectivity index (χ1v) is 7.19. The van der Waals surface area contributed by atoms with Crippen LogP contribution in [0.5, 0.6) is 0 Å². The van der Waals surface area contributed by atoms with Gasteiger partial charge in [-0.05, 0) is 45.7 Å². The van der Waals surface area contributed by atoms with E-state index in [0.29, 0.717) is 12.1 Å². The lowest BCUT2D eigenvalue weighted by Crippen LogP contribution is -2.30. The van der Waals surface area contributed by atoms with E-state index in [-0.39, 0.29) is 0 Å². The Labute approximate surface area is 111 Å². The van der Waals surface area contributed by atoms with Crippen molar-refractivity contribution < 1.29 is 0 Å². The molecule has 2 unspecified atom stereocenters. The van der Waals surface area contributed by atoms with E-state index in [4.69, 9.17) is 0 Å². The third-order valence-electron chi connectivity index (χ3n) is 3.81. The van der Waals surface area contributed by atoms with Crippen molar-refractivity contribution in [1.29, 1.82) is 0 Å². The standard InChI is InChI=1S/C15H25N3/c1-4-9-16-13(3)14-8-5-10-17-15(14)18-11-6-7-12(18)2/h5,8,10,12-13,16H,4,6-7,9,11H2,1-3H3. The summed E-state index contributed by atoms with van der Waals surface area (Å²) < 4.78 is 0. The summed E-state index contributed by atoms with van der Waals surface area (Å²) in [6.07, 6.45) is 5.65. The van der Waals surface area contributed by atoms with Crippen LogP contribution in [-0.4, -0.2) is 24.1 Å². The van der Waals surface area contributed by atoms with Gasteiger partial charge in [0.25, 0.3) is 0 Å². The Bertz CT molecular complexity index is 378. The van der Waals surface area contributed by atoms with Gasteiger partial charge in [-0.3, -0.25) is 0 Å². The number of aromatic nitrogens is 1. The van der Waals surface area contributed by atoms with Gasteiger partial charge in [-0.1, -0.05) is 13.0 Å². The van der Waals surface area contributed by atoms with Gasteiger partial charge in [-0.2, -0.15) is 0 Å². The summed E-state index contributed by atoms with van der Waals surface area (Å²) in [5.74, 6) is 1.18. The van der Waals surface area contributed by atoms with Gasteiger partial charge < -0.3 is 10.2 Å². The number of nitrogens with one attached hydrogen (secondary N) is 1. The maximum atomic E-state index is 4.63. The molecular weight excluding hydrogens is 222 g/mol. The summed E-state index contributed by atoms with van der Waals surface area (Å²) in [5, 5.41) is 3.56. The van der Waals surface area contributed by atoms with Gasteiger partial charge in [-0.15, -0.1) is 0 Å². The molecule has 2 heterocycles. The molecule has 0 aliphatic carbocycles. The smallest absolute Gasteiger partial charge is 0.133 e. The molecule has 0 radical (unpaired) electrons. The van der Waals surface area contributed by atoms with Crippen LogP contribution < -0.4 is 10.2 Å². The van der Waals surface area contributed by atoms with Crippen LogP contribution in [0.4, 0.5) is 5.82 Å². The topological polar surface area (TPSA) is 28.2 Å². The van der Waals surface area contributed by atoms with Gasteiger partial charge >= 0.3 is 0 Å². The fourth-order valence-corrected chi connectivity index (χ4v) is 2.71. The minimum Gasteiger partial charge on any atom is -0.354 e. The van der Waals surface area contributed by atoms with Crippen molar-refractivity contribution in [2.45, 2.75) is 52.1 Å². The second-order valence-corrected chi connectivity index (χ2v) is 5.28. The van der Waals surface area contributed by atoms with Crippen molar-refractivity contribution in [3.63, 3.8) is 0 Å². The Hall–Kier alpha value is -1.09. The SMILES string of the molecule is CCCNC(C)c1cccnc1N1CCCC1C. The number of anilines is 1. The number of nitrogens with zero attached hydrogens (tertiary/aromatic N) is 2. The lowest BCUT2D eigenvalue weighted by molar-refractivity contribution is 0.566. The molecule has 2 rings (SSSR count). The predicted octanol–water partition coefficient (Wildman–Crippen LogP) is 3.13. The molecule has 1 saturated heterocycles. The molecule has 100 valence electrons. The molecule has 0 bridgehead atoms. The van der Waals surface area contributed by atoms with E-state index in [1.165, 1.54) is 30.6 Å². The molecule has 1 fully saturated rings. The molecule has 1 N–H and O–H groups in total. The molecule has 3 nitrogen and oxygen atoms in total. The van der Waals surface area contributed by atoms with Crippen molar-refractivity contribution in [3.8, 4) is 0 Å². The Morgan fingerprint density at radius 2 is 2.39 bits per heavy atom. The minimum absolute atomic E-state index is 0.376. The van der Waals surface area contributed by atoms with Crippen LogP contribution in [0, 0.1) is 0 Å². The summed E-state index contributed by atoms with van der Waals surface area (Å²) in [6.45, 7) is 8.94. The third-order valence-corrected chi connectivity index (χ3v) is 3.81. The van der Waals surface area contributed by atoms with E-state index in [9.17, 15) is 0 Å². The molecule has 1 aliphatic heterocycles. The molecule has 0 amide bonds. The first-order valence-electron chi connectivity index (χ1n) is 7.19. The first kappa shape index (κ1) is 13.3. The largest absolute Gasteiger partial charge is 0.354 e. The first-order chi connectivity index (χ1) is 8.74. The zero-order valence-corrected chi connectivity index (χ0v) is 11.8. The highest BCUT2D eigenvalue weighted by atomic mass is 15.2. The monoisotopic (exact) mass is 247 g/mol. The number of rotatable bonds is 5. The quantitative estimate of drug-likeness (QED) is 0.866. The summed E-state index contributed by atoms with van der Waals surface area (Å²) in [5.41, 5.74) is 1.33. The molecule has 0 spiro atoms. The maximum absolute atomic E-state index is 4.63. The van der Waals surface area contributed by atoms with Crippen LogP contribution >= 0.6 is 0 Å². The van der Waals surface area contributed by atoms with Crippen molar-refractivity contribution in [1.82, 2.24) is 10.3 Å². The van der Waals surface area contributed by atoms with E-state index in [2.05, 4.69) is 42.0 Å². The Morgan fingerprint density at radius 3 is 3.06 bits per heavy atom. The van der Waals surface area contributed by atoms with E-state index >= 15 is 0 Å². The van der Waals surface area contributed by atoms with Gasteiger partial charge in [0.1, 0.15) is 5.82 Å². The molecule has 0 saturated carbocycles. The van der Waals surface area contributed by atoms with Gasteiger partial charge in [-0.25, -0.2) is 4.98 Å². The fraction of sp³-hybridized carbons (Fsp3) is 0.667. The molecule has 2 atom stereocenters. The van der Waals surface area contributed by atoms with E-state index in [0.717, 1.165) is 13.1 Å². The van der Waals surface area contributed by atoms with E-state index in [1.54, 1.807) is 0 Å². The molecular formula is C15H25N3. The lowest BCUT2D eigenvalue weighted by atomic mass is 10.1. The van der Waals surface area contributed by atoms with Gasteiger partial charge in [0.05, 0.1) is 0 Å². The Kier molecular flexibility index (Phi) is 4.59. The van der Waals surface area contributed by atoms with Crippen LogP contribution in [0.15, 0.2) is 18.3 Å². The molecule has 18 heavy (non-hydrogen) atoms. The van der Waals surface area contributed by atoms with Gasteiger partial charge in [0.15, 0.2) is 0 Å². The Morgan fingerprint density at radius 1 is 1.56 bits per heavy atom. The second kappa shape index (κ2) is 6.19. The van der Waals surface area contributed by atoms with Crippen molar-refractivity contribution in [2.75, 3.05) is 18.0 Å². The van der Waals surface area contributed by atoms with E-state index in [1.807, 2.05) is 12.3 Å². The molecule has 1 aromatic heterocycles. The van der Waals surface area contributed by atoms with Crippen LogP contribution in [0.2, 0.25) is 0 Å². The fourth-order valence-electron chi connectivity index (χ4n) is 2.71. The van der Waals surface area contributed by atoms with Gasteiger partial charge in [0, 0.05) is 30.4 Å².